The molecule has 0 aromatic heterocycles. The number of benzene rings is 1. The van der Waals surface area contributed by atoms with Crippen molar-refractivity contribution in [2.45, 2.75) is 38.5 Å². The lowest BCUT2D eigenvalue weighted by Gasteiger charge is -2.35. The van der Waals surface area contributed by atoms with E-state index in [1.165, 1.54) is 0 Å². The molecule has 0 radical (unpaired) electrons. The first-order valence-electron chi connectivity index (χ1n) is 9.28. The first-order valence-corrected chi connectivity index (χ1v) is 9.66. The zero-order chi connectivity index (χ0) is 19.2. The van der Waals surface area contributed by atoms with Crippen molar-refractivity contribution >= 4 is 23.5 Å². The molecular weight excluding hydrogens is 348 g/mol. The van der Waals surface area contributed by atoms with E-state index >= 15 is 0 Å². The van der Waals surface area contributed by atoms with Crippen molar-refractivity contribution < 1.29 is 4.79 Å². The number of halogens is 1. The molecule has 1 heterocycles. The van der Waals surface area contributed by atoms with Gasteiger partial charge in [-0.15, -0.1) is 0 Å². The molecule has 0 bridgehead atoms. The first kappa shape index (κ1) is 20.6. The summed E-state index contributed by atoms with van der Waals surface area (Å²) in [7, 11) is 3.52. The molecule has 144 valence electrons. The van der Waals surface area contributed by atoms with Gasteiger partial charge in [0.05, 0.1) is 0 Å². The smallest absolute Gasteiger partial charge is 0.220 e. The maximum absolute atomic E-state index is 11.6. The number of carbonyl (C=O) groups is 1. The molecule has 0 saturated carbocycles. The van der Waals surface area contributed by atoms with E-state index in [1.807, 2.05) is 25.2 Å². The highest BCUT2D eigenvalue weighted by molar-refractivity contribution is 6.31. The molecule has 1 aromatic carbocycles. The van der Waals surface area contributed by atoms with Gasteiger partial charge in [-0.05, 0) is 30.4 Å². The van der Waals surface area contributed by atoms with Gasteiger partial charge in [0.15, 0.2) is 5.96 Å². The number of aliphatic imine (C=N–C) groups is 1. The Kier molecular flexibility index (Phi) is 7.33. The average Bonchev–Trinajstić information content (AvgIpc) is 2.63. The summed E-state index contributed by atoms with van der Waals surface area (Å²) >= 11 is 6.38. The fourth-order valence-corrected chi connectivity index (χ4v) is 3.84. The van der Waals surface area contributed by atoms with Gasteiger partial charge < -0.3 is 15.5 Å². The van der Waals surface area contributed by atoms with E-state index in [0.29, 0.717) is 12.3 Å². The van der Waals surface area contributed by atoms with Gasteiger partial charge in [0.1, 0.15) is 0 Å². The van der Waals surface area contributed by atoms with Crippen LogP contribution in [0.1, 0.15) is 38.7 Å². The van der Waals surface area contributed by atoms with Gasteiger partial charge in [0.25, 0.3) is 0 Å². The Morgan fingerprint density at radius 1 is 1.31 bits per heavy atom. The second-order valence-electron chi connectivity index (χ2n) is 7.57. The van der Waals surface area contributed by atoms with Crippen molar-refractivity contribution in [3.8, 4) is 0 Å². The van der Waals surface area contributed by atoms with E-state index in [-0.39, 0.29) is 11.3 Å². The number of nitrogens with one attached hydrogen (secondary N) is 2. The van der Waals surface area contributed by atoms with Crippen LogP contribution in [0.2, 0.25) is 5.02 Å². The summed E-state index contributed by atoms with van der Waals surface area (Å²) in [6.07, 6.45) is 2.65. The number of hydrogen-bond acceptors (Lipinski definition) is 2. The van der Waals surface area contributed by atoms with Crippen molar-refractivity contribution in [3.05, 3.63) is 34.9 Å². The van der Waals surface area contributed by atoms with Crippen LogP contribution in [0.25, 0.3) is 0 Å². The topological polar surface area (TPSA) is 56.7 Å². The van der Waals surface area contributed by atoms with E-state index < -0.39 is 0 Å². The fraction of sp³-hybridized carbons (Fsp3) is 0.600. The van der Waals surface area contributed by atoms with E-state index in [2.05, 4.69) is 40.4 Å². The third-order valence-corrected chi connectivity index (χ3v) is 5.50. The predicted molar refractivity (Wildman–Crippen MR) is 109 cm³/mol. The molecule has 0 unspecified atom stereocenters. The third-order valence-electron chi connectivity index (χ3n) is 5.17. The molecule has 1 aliphatic rings. The molecule has 2 rings (SSSR count). The molecular formula is C20H31ClN4O. The number of carbonyl (C=O) groups excluding carboxylic acids is 1. The number of hydrogen-bond donors (Lipinski definition) is 2. The number of likely N-dealkylation sites (tertiary alicyclic amines) is 1. The maximum atomic E-state index is 11.6. The van der Waals surface area contributed by atoms with Crippen LogP contribution < -0.4 is 10.6 Å². The minimum Gasteiger partial charge on any atom is -0.359 e. The maximum Gasteiger partial charge on any atom is 0.220 e. The van der Waals surface area contributed by atoms with Crippen LogP contribution in [0.3, 0.4) is 0 Å². The van der Waals surface area contributed by atoms with Crippen molar-refractivity contribution in [1.29, 1.82) is 0 Å². The van der Waals surface area contributed by atoms with Crippen LogP contribution in [0.15, 0.2) is 29.3 Å². The van der Waals surface area contributed by atoms with Gasteiger partial charge in [0, 0.05) is 50.6 Å². The van der Waals surface area contributed by atoms with Crippen LogP contribution in [-0.4, -0.2) is 50.5 Å². The van der Waals surface area contributed by atoms with Crippen molar-refractivity contribution in [1.82, 2.24) is 15.5 Å². The Morgan fingerprint density at radius 3 is 2.54 bits per heavy atom. The molecule has 0 aliphatic carbocycles. The zero-order valence-corrected chi connectivity index (χ0v) is 17.1. The summed E-state index contributed by atoms with van der Waals surface area (Å²) in [5.74, 6) is 1.51. The second kappa shape index (κ2) is 9.26. The van der Waals surface area contributed by atoms with Gasteiger partial charge in [0.2, 0.25) is 5.91 Å². The Labute approximate surface area is 162 Å². The Morgan fingerprint density at radius 2 is 1.96 bits per heavy atom. The highest BCUT2D eigenvalue weighted by Crippen LogP contribution is 2.29. The van der Waals surface area contributed by atoms with Crippen molar-refractivity contribution in [2.24, 2.45) is 10.9 Å². The van der Waals surface area contributed by atoms with E-state index in [9.17, 15) is 4.79 Å². The van der Waals surface area contributed by atoms with Crippen molar-refractivity contribution in [3.63, 3.8) is 0 Å². The lowest BCUT2D eigenvalue weighted by molar-refractivity contribution is -0.121. The van der Waals surface area contributed by atoms with Crippen LogP contribution in [0, 0.1) is 5.92 Å². The SMILES string of the molecule is CN=C(NCC(C)(C)c1ccccc1Cl)N1CCC(CC(=O)NC)CC1. The summed E-state index contributed by atoms with van der Waals surface area (Å²) < 4.78 is 0. The normalized spacial score (nSPS) is 16.5. The number of rotatable bonds is 5. The molecule has 6 heteroatoms. The van der Waals surface area contributed by atoms with Crippen LogP contribution in [-0.2, 0) is 10.2 Å². The number of nitrogens with zero attached hydrogens (tertiary/aromatic N) is 2. The second-order valence-corrected chi connectivity index (χ2v) is 7.98. The molecule has 0 spiro atoms. The van der Waals surface area contributed by atoms with Crippen LogP contribution in [0.5, 0.6) is 0 Å². The van der Waals surface area contributed by atoms with Gasteiger partial charge >= 0.3 is 0 Å². The number of guanidine groups is 1. The summed E-state index contributed by atoms with van der Waals surface area (Å²) in [6.45, 7) is 6.97. The van der Waals surface area contributed by atoms with E-state index in [4.69, 9.17) is 11.6 Å². The van der Waals surface area contributed by atoms with Crippen LogP contribution >= 0.6 is 11.6 Å². The number of amides is 1. The summed E-state index contributed by atoms with van der Waals surface area (Å²) in [5.41, 5.74) is 1.03. The lowest BCUT2D eigenvalue weighted by atomic mass is 9.84. The molecule has 1 saturated heterocycles. The quantitative estimate of drug-likeness (QED) is 0.611. The summed E-state index contributed by atoms with van der Waals surface area (Å²) in [6, 6.07) is 7.99. The zero-order valence-electron chi connectivity index (χ0n) is 16.3. The average molecular weight is 379 g/mol. The fourth-order valence-electron chi connectivity index (χ4n) is 3.45. The number of piperidine rings is 1. The van der Waals surface area contributed by atoms with Gasteiger partial charge in [-0.1, -0.05) is 43.6 Å². The molecule has 1 fully saturated rings. The molecule has 26 heavy (non-hydrogen) atoms. The highest BCUT2D eigenvalue weighted by Gasteiger charge is 2.26. The molecule has 5 nitrogen and oxygen atoms in total. The lowest BCUT2D eigenvalue weighted by Crippen LogP contribution is -2.48. The largest absolute Gasteiger partial charge is 0.359 e. The van der Waals surface area contributed by atoms with Gasteiger partial charge in [-0.3, -0.25) is 9.79 Å². The first-order chi connectivity index (χ1) is 12.4. The minimum absolute atomic E-state index is 0.105. The molecule has 1 aromatic rings. The summed E-state index contributed by atoms with van der Waals surface area (Å²) in [5, 5.41) is 7.02. The Balaban J connectivity index is 1.90. The molecule has 2 N–H and O–H groups in total. The Hall–Kier alpha value is -1.75. The third kappa shape index (κ3) is 5.37. The monoisotopic (exact) mass is 378 g/mol. The molecule has 1 aliphatic heterocycles. The highest BCUT2D eigenvalue weighted by atomic mass is 35.5. The summed E-state index contributed by atoms with van der Waals surface area (Å²) in [4.78, 5) is 18.3. The Bertz CT molecular complexity index is 636. The molecule has 0 atom stereocenters. The standard InChI is InChI=1S/C20H31ClN4O/c1-20(2,16-7-5-6-8-17(16)21)14-24-19(23-4)25-11-9-15(10-12-25)13-18(26)22-3/h5-8,15H,9-14H2,1-4H3,(H,22,26)(H,23,24). The van der Waals surface area contributed by atoms with Crippen molar-refractivity contribution in [2.75, 3.05) is 33.7 Å². The minimum atomic E-state index is -0.105. The van der Waals surface area contributed by atoms with Gasteiger partial charge in [-0.25, -0.2) is 0 Å². The molecule has 1 amide bonds. The van der Waals surface area contributed by atoms with Crippen LogP contribution in [0.4, 0.5) is 0 Å². The van der Waals surface area contributed by atoms with Gasteiger partial charge in [-0.2, -0.15) is 0 Å². The van der Waals surface area contributed by atoms with E-state index in [0.717, 1.165) is 49.0 Å². The predicted octanol–water partition coefficient (Wildman–Crippen LogP) is 3.04. The van der Waals surface area contributed by atoms with E-state index in [1.54, 1.807) is 7.05 Å².